The molecule has 1 aromatic heterocycles. The van der Waals surface area contributed by atoms with Crippen LogP contribution in [0.2, 0.25) is 0 Å². The zero-order valence-electron chi connectivity index (χ0n) is 13.8. The van der Waals surface area contributed by atoms with Crippen LogP contribution < -0.4 is 20.3 Å². The van der Waals surface area contributed by atoms with Gasteiger partial charge in [0.2, 0.25) is 0 Å². The molecule has 1 heterocycles. The third-order valence-corrected chi connectivity index (χ3v) is 3.08. The number of carbonyl (C=O) groups is 2. The average Bonchev–Trinajstić information content (AvgIpc) is 3.01. The second kappa shape index (κ2) is 8.05. The van der Waals surface area contributed by atoms with E-state index in [-0.39, 0.29) is 5.76 Å². The van der Waals surface area contributed by atoms with Crippen molar-refractivity contribution in [2.45, 2.75) is 26.9 Å². The van der Waals surface area contributed by atoms with Crippen molar-refractivity contribution in [3.05, 3.63) is 47.9 Å². The zero-order valence-corrected chi connectivity index (χ0v) is 13.8. The molecule has 24 heavy (non-hydrogen) atoms. The number of nitrogens with one attached hydrogen (secondary N) is 2. The molecule has 128 valence electrons. The van der Waals surface area contributed by atoms with E-state index in [1.165, 1.54) is 6.07 Å². The SMILES string of the molecule is CCOc1ccc(OC(C)C(=O)NNC(=O)c2ccc(C)o2)cc1. The summed E-state index contributed by atoms with van der Waals surface area (Å²) >= 11 is 0. The van der Waals surface area contributed by atoms with Gasteiger partial charge in [0, 0.05) is 0 Å². The fourth-order valence-corrected chi connectivity index (χ4v) is 1.88. The summed E-state index contributed by atoms with van der Waals surface area (Å²) in [4.78, 5) is 23.7. The summed E-state index contributed by atoms with van der Waals surface area (Å²) in [5.74, 6) is 0.953. The smallest absolute Gasteiger partial charge is 0.305 e. The van der Waals surface area contributed by atoms with Crippen molar-refractivity contribution >= 4 is 11.8 Å². The number of hydrogen-bond acceptors (Lipinski definition) is 5. The molecule has 7 nitrogen and oxygen atoms in total. The summed E-state index contributed by atoms with van der Waals surface area (Å²) in [5.41, 5.74) is 4.57. The number of hydrogen-bond donors (Lipinski definition) is 2. The third-order valence-electron chi connectivity index (χ3n) is 3.08. The fourth-order valence-electron chi connectivity index (χ4n) is 1.88. The Morgan fingerprint density at radius 2 is 1.75 bits per heavy atom. The third kappa shape index (κ3) is 4.77. The number of amides is 2. The molecular formula is C17H20N2O5. The Hall–Kier alpha value is -2.96. The lowest BCUT2D eigenvalue weighted by molar-refractivity contribution is -0.128. The molecule has 0 saturated carbocycles. The van der Waals surface area contributed by atoms with Gasteiger partial charge in [0.1, 0.15) is 17.3 Å². The maximum atomic E-state index is 12.0. The Morgan fingerprint density at radius 3 is 2.33 bits per heavy atom. The molecule has 0 aliphatic rings. The first-order valence-electron chi connectivity index (χ1n) is 7.55. The van der Waals surface area contributed by atoms with Gasteiger partial charge in [-0.25, -0.2) is 0 Å². The second-order valence-corrected chi connectivity index (χ2v) is 5.02. The lowest BCUT2D eigenvalue weighted by Gasteiger charge is -2.15. The Kier molecular flexibility index (Phi) is 5.83. The van der Waals surface area contributed by atoms with Crippen LogP contribution in [0.1, 0.15) is 30.2 Å². The Balaban J connectivity index is 1.82. The number of benzene rings is 1. The number of furan rings is 1. The molecule has 0 saturated heterocycles. The van der Waals surface area contributed by atoms with E-state index in [9.17, 15) is 9.59 Å². The van der Waals surface area contributed by atoms with Crippen molar-refractivity contribution in [3.63, 3.8) is 0 Å². The standard InChI is InChI=1S/C17H20N2O5/c1-4-22-13-6-8-14(9-7-13)24-12(3)16(20)18-19-17(21)15-10-5-11(2)23-15/h5-10,12H,4H2,1-3H3,(H,18,20)(H,19,21). The number of ether oxygens (including phenoxy) is 2. The number of rotatable bonds is 6. The molecule has 1 aromatic carbocycles. The van der Waals surface area contributed by atoms with Gasteiger partial charge in [0.25, 0.3) is 5.91 Å². The highest BCUT2D eigenvalue weighted by molar-refractivity contribution is 5.93. The molecule has 2 aromatic rings. The van der Waals surface area contributed by atoms with Gasteiger partial charge in [0.05, 0.1) is 6.61 Å². The van der Waals surface area contributed by atoms with E-state index < -0.39 is 17.9 Å². The van der Waals surface area contributed by atoms with Gasteiger partial charge < -0.3 is 13.9 Å². The van der Waals surface area contributed by atoms with E-state index in [0.29, 0.717) is 18.1 Å². The Bertz CT molecular complexity index is 693. The molecular weight excluding hydrogens is 312 g/mol. The van der Waals surface area contributed by atoms with Crippen LogP contribution in [0.5, 0.6) is 11.5 Å². The van der Waals surface area contributed by atoms with Crippen LogP contribution in [-0.4, -0.2) is 24.5 Å². The highest BCUT2D eigenvalue weighted by Crippen LogP contribution is 2.18. The monoisotopic (exact) mass is 332 g/mol. The summed E-state index contributed by atoms with van der Waals surface area (Å²) < 4.78 is 16.0. The molecule has 7 heteroatoms. The quantitative estimate of drug-likeness (QED) is 0.792. The minimum absolute atomic E-state index is 0.118. The minimum atomic E-state index is -0.790. The van der Waals surface area contributed by atoms with Crippen molar-refractivity contribution < 1.29 is 23.5 Å². The molecule has 0 radical (unpaired) electrons. The van der Waals surface area contributed by atoms with Crippen molar-refractivity contribution in [3.8, 4) is 11.5 Å². The number of hydrazine groups is 1. The first kappa shape index (κ1) is 17.4. The number of carbonyl (C=O) groups excluding carboxylic acids is 2. The lowest BCUT2D eigenvalue weighted by atomic mass is 10.3. The minimum Gasteiger partial charge on any atom is -0.494 e. The lowest BCUT2D eigenvalue weighted by Crippen LogP contribution is -2.47. The van der Waals surface area contributed by atoms with Crippen LogP contribution in [0.25, 0.3) is 0 Å². The summed E-state index contributed by atoms with van der Waals surface area (Å²) in [5, 5.41) is 0. The van der Waals surface area contributed by atoms with Gasteiger partial charge in [-0.05, 0) is 57.2 Å². The van der Waals surface area contributed by atoms with Crippen molar-refractivity contribution in [1.82, 2.24) is 10.9 Å². The van der Waals surface area contributed by atoms with Crippen LogP contribution in [0.3, 0.4) is 0 Å². The normalized spacial score (nSPS) is 11.5. The van der Waals surface area contributed by atoms with Crippen molar-refractivity contribution in [2.24, 2.45) is 0 Å². The maximum absolute atomic E-state index is 12.0. The van der Waals surface area contributed by atoms with Gasteiger partial charge in [-0.3, -0.25) is 20.4 Å². The van der Waals surface area contributed by atoms with Gasteiger partial charge in [-0.15, -0.1) is 0 Å². The molecule has 0 bridgehead atoms. The van der Waals surface area contributed by atoms with Gasteiger partial charge in [0.15, 0.2) is 11.9 Å². The largest absolute Gasteiger partial charge is 0.494 e. The van der Waals surface area contributed by atoms with Gasteiger partial charge in [-0.1, -0.05) is 0 Å². The highest BCUT2D eigenvalue weighted by Gasteiger charge is 2.17. The molecule has 1 unspecified atom stereocenters. The van der Waals surface area contributed by atoms with Crippen LogP contribution >= 0.6 is 0 Å². The summed E-state index contributed by atoms with van der Waals surface area (Å²) in [6.07, 6.45) is -0.790. The van der Waals surface area contributed by atoms with Crippen molar-refractivity contribution in [2.75, 3.05) is 6.61 Å². The van der Waals surface area contributed by atoms with Crippen LogP contribution in [0, 0.1) is 6.92 Å². The molecule has 2 rings (SSSR count). The number of aryl methyl sites for hydroxylation is 1. The summed E-state index contributed by atoms with van der Waals surface area (Å²) in [6, 6.07) is 10.1. The van der Waals surface area contributed by atoms with E-state index >= 15 is 0 Å². The Labute approximate surface area is 139 Å². The first-order chi connectivity index (χ1) is 11.5. The molecule has 0 aliphatic heterocycles. The van der Waals surface area contributed by atoms with E-state index in [4.69, 9.17) is 13.9 Å². The van der Waals surface area contributed by atoms with Gasteiger partial charge in [-0.2, -0.15) is 0 Å². The maximum Gasteiger partial charge on any atom is 0.305 e. The summed E-state index contributed by atoms with van der Waals surface area (Å²) in [7, 11) is 0. The van der Waals surface area contributed by atoms with E-state index in [1.807, 2.05) is 6.92 Å². The van der Waals surface area contributed by atoms with E-state index in [2.05, 4.69) is 10.9 Å². The molecule has 0 fully saturated rings. The van der Waals surface area contributed by atoms with E-state index in [1.54, 1.807) is 44.2 Å². The Morgan fingerprint density at radius 1 is 1.08 bits per heavy atom. The van der Waals surface area contributed by atoms with Crippen LogP contribution in [0.4, 0.5) is 0 Å². The van der Waals surface area contributed by atoms with Gasteiger partial charge >= 0.3 is 5.91 Å². The van der Waals surface area contributed by atoms with Crippen LogP contribution in [-0.2, 0) is 4.79 Å². The summed E-state index contributed by atoms with van der Waals surface area (Å²) in [6.45, 7) is 5.78. The molecule has 0 aliphatic carbocycles. The van der Waals surface area contributed by atoms with Crippen LogP contribution in [0.15, 0.2) is 40.8 Å². The first-order valence-corrected chi connectivity index (χ1v) is 7.55. The predicted octanol–water partition coefficient (Wildman–Crippen LogP) is 2.22. The average molecular weight is 332 g/mol. The molecule has 0 spiro atoms. The predicted molar refractivity (Wildman–Crippen MR) is 86.8 cm³/mol. The fraction of sp³-hybridized carbons (Fsp3) is 0.294. The molecule has 1 atom stereocenters. The van der Waals surface area contributed by atoms with E-state index in [0.717, 1.165) is 5.75 Å². The molecule has 2 N–H and O–H groups in total. The van der Waals surface area contributed by atoms with Crippen molar-refractivity contribution in [1.29, 1.82) is 0 Å². The highest BCUT2D eigenvalue weighted by atomic mass is 16.5. The molecule has 2 amide bonds. The second-order valence-electron chi connectivity index (χ2n) is 5.02. The zero-order chi connectivity index (χ0) is 17.5. The topological polar surface area (TPSA) is 89.8 Å².